The Balaban J connectivity index is 1.54. The van der Waals surface area contributed by atoms with Crippen molar-refractivity contribution in [2.24, 2.45) is 0 Å². The van der Waals surface area contributed by atoms with E-state index in [-0.39, 0.29) is 29.5 Å². The lowest BCUT2D eigenvalue weighted by Crippen LogP contribution is -2.39. The van der Waals surface area contributed by atoms with Crippen molar-refractivity contribution in [3.8, 4) is 11.5 Å². The molecule has 3 N–H and O–H groups in total. The van der Waals surface area contributed by atoms with Crippen molar-refractivity contribution < 1.29 is 27.5 Å². The van der Waals surface area contributed by atoms with Gasteiger partial charge in [-0.2, -0.15) is 0 Å². The quantitative estimate of drug-likeness (QED) is 0.450. The molecule has 4 rings (SSSR count). The molecule has 2 aromatic carbocycles. The third kappa shape index (κ3) is 4.68. The molecule has 1 aromatic heterocycles. The summed E-state index contributed by atoms with van der Waals surface area (Å²) >= 11 is 0. The zero-order valence-corrected chi connectivity index (χ0v) is 18.5. The maximum Gasteiger partial charge on any atom is 0.328 e. The van der Waals surface area contributed by atoms with E-state index in [9.17, 15) is 27.6 Å². The highest BCUT2D eigenvalue weighted by Crippen LogP contribution is 2.32. The van der Waals surface area contributed by atoms with Gasteiger partial charge in [-0.1, -0.05) is 6.07 Å². The van der Waals surface area contributed by atoms with Crippen molar-refractivity contribution in [1.82, 2.24) is 14.3 Å². The highest BCUT2D eigenvalue weighted by Gasteiger charge is 2.19. The summed E-state index contributed by atoms with van der Waals surface area (Å²) < 4.78 is 37.3. The molecule has 0 aliphatic carbocycles. The number of hydrogen-bond donors (Lipinski definition) is 3. The molecule has 0 unspecified atom stereocenters. The highest BCUT2D eigenvalue weighted by atomic mass is 32.2. The Morgan fingerprint density at radius 2 is 1.76 bits per heavy atom. The number of carbonyl (C=O) groups excluding carboxylic acids is 2. The van der Waals surface area contributed by atoms with Gasteiger partial charge in [0.25, 0.3) is 21.5 Å². The molecule has 0 saturated heterocycles. The molecule has 0 fully saturated rings. The number of nitrogens with zero attached hydrogens (tertiary/aromatic N) is 1. The Kier molecular flexibility index (Phi) is 5.94. The Labute approximate surface area is 192 Å². The number of hydrogen-bond acceptors (Lipinski definition) is 8. The minimum Gasteiger partial charge on any atom is -0.454 e. The first-order chi connectivity index (χ1) is 16.1. The molecular formula is C21H18N4O8S. The second-order valence-electron chi connectivity index (χ2n) is 7.23. The van der Waals surface area contributed by atoms with Gasteiger partial charge in [0, 0.05) is 18.8 Å². The van der Waals surface area contributed by atoms with Gasteiger partial charge >= 0.3 is 5.69 Å². The predicted octanol–water partition coefficient (Wildman–Crippen LogP) is 0.391. The van der Waals surface area contributed by atoms with E-state index in [0.717, 1.165) is 17.7 Å². The van der Waals surface area contributed by atoms with Crippen LogP contribution in [0.25, 0.3) is 0 Å². The SMILES string of the molecule is CC(=O)NS(=O)(=O)c1ccc(NC(=O)c2c[nH]c(=O)n(Cc3ccc4c(c3)OCO4)c2=O)cc1. The van der Waals surface area contributed by atoms with Crippen LogP contribution in [0.3, 0.4) is 0 Å². The lowest BCUT2D eigenvalue weighted by Gasteiger charge is -2.09. The zero-order chi connectivity index (χ0) is 24.5. The molecule has 12 nitrogen and oxygen atoms in total. The van der Waals surface area contributed by atoms with Gasteiger partial charge in [-0.15, -0.1) is 0 Å². The molecule has 2 heterocycles. The van der Waals surface area contributed by atoms with Crippen molar-refractivity contribution in [2.45, 2.75) is 18.4 Å². The monoisotopic (exact) mass is 486 g/mol. The summed E-state index contributed by atoms with van der Waals surface area (Å²) in [7, 11) is -4.03. The smallest absolute Gasteiger partial charge is 0.328 e. The number of carbonyl (C=O) groups is 2. The van der Waals surface area contributed by atoms with E-state index in [1.54, 1.807) is 18.2 Å². The van der Waals surface area contributed by atoms with Crippen LogP contribution in [-0.4, -0.2) is 36.6 Å². The van der Waals surface area contributed by atoms with Crippen molar-refractivity contribution in [3.63, 3.8) is 0 Å². The van der Waals surface area contributed by atoms with Gasteiger partial charge in [-0.05, 0) is 42.0 Å². The molecule has 176 valence electrons. The molecule has 0 bridgehead atoms. The van der Waals surface area contributed by atoms with Crippen LogP contribution in [0.15, 0.2) is 63.1 Å². The van der Waals surface area contributed by atoms with E-state index in [1.807, 2.05) is 4.72 Å². The third-order valence-corrected chi connectivity index (χ3v) is 6.23. The largest absolute Gasteiger partial charge is 0.454 e. The number of amides is 2. The molecule has 34 heavy (non-hydrogen) atoms. The lowest BCUT2D eigenvalue weighted by molar-refractivity contribution is -0.117. The molecule has 13 heteroatoms. The average Bonchev–Trinajstić information content (AvgIpc) is 3.24. The number of anilines is 1. The van der Waals surface area contributed by atoms with Gasteiger partial charge < -0.3 is 19.8 Å². The maximum absolute atomic E-state index is 12.9. The summed E-state index contributed by atoms with van der Waals surface area (Å²) in [6.45, 7) is 1.03. The summed E-state index contributed by atoms with van der Waals surface area (Å²) in [5, 5.41) is 2.47. The van der Waals surface area contributed by atoms with Gasteiger partial charge in [0.2, 0.25) is 12.7 Å². The normalized spacial score (nSPS) is 12.3. The van der Waals surface area contributed by atoms with Crippen LogP contribution in [0.1, 0.15) is 22.8 Å². The molecular weight excluding hydrogens is 468 g/mol. The number of aromatic nitrogens is 2. The van der Waals surface area contributed by atoms with Crippen LogP contribution in [0.4, 0.5) is 5.69 Å². The van der Waals surface area contributed by atoms with E-state index < -0.39 is 33.1 Å². The molecule has 0 saturated carbocycles. The van der Waals surface area contributed by atoms with Crippen molar-refractivity contribution >= 4 is 27.5 Å². The fourth-order valence-corrected chi connectivity index (χ4v) is 4.19. The third-order valence-electron chi connectivity index (χ3n) is 4.78. The summed E-state index contributed by atoms with van der Waals surface area (Å²) in [6.07, 6.45) is 1.01. The van der Waals surface area contributed by atoms with E-state index in [2.05, 4.69) is 10.3 Å². The van der Waals surface area contributed by atoms with E-state index in [4.69, 9.17) is 9.47 Å². The Bertz CT molecular complexity index is 1510. The van der Waals surface area contributed by atoms with Crippen LogP contribution in [0.5, 0.6) is 11.5 Å². The number of benzene rings is 2. The lowest BCUT2D eigenvalue weighted by atomic mass is 10.2. The van der Waals surface area contributed by atoms with Crippen LogP contribution in [0.2, 0.25) is 0 Å². The number of nitrogens with one attached hydrogen (secondary N) is 3. The number of fused-ring (bicyclic) bond motifs is 1. The number of H-pyrrole nitrogens is 1. The zero-order valence-electron chi connectivity index (χ0n) is 17.7. The van der Waals surface area contributed by atoms with Gasteiger partial charge in [0.15, 0.2) is 11.5 Å². The van der Waals surface area contributed by atoms with E-state index >= 15 is 0 Å². The van der Waals surface area contributed by atoms with Crippen molar-refractivity contribution in [3.05, 3.63) is 80.6 Å². The molecule has 0 radical (unpaired) electrons. The fourth-order valence-electron chi connectivity index (χ4n) is 3.20. The Morgan fingerprint density at radius 3 is 2.47 bits per heavy atom. The standard InChI is InChI=1S/C21H18N4O8S/c1-12(26)24-34(30,31)15-5-3-14(4-6-15)23-19(27)16-9-22-21(29)25(20(16)28)10-13-2-7-17-18(8-13)33-11-32-17/h2-9H,10-11H2,1H3,(H,22,29)(H,23,27)(H,24,26). The van der Waals surface area contributed by atoms with Crippen LogP contribution >= 0.6 is 0 Å². The highest BCUT2D eigenvalue weighted by molar-refractivity contribution is 7.90. The molecule has 0 atom stereocenters. The fraction of sp³-hybridized carbons (Fsp3) is 0.143. The van der Waals surface area contributed by atoms with Crippen LogP contribution < -0.4 is 30.8 Å². The predicted molar refractivity (Wildman–Crippen MR) is 118 cm³/mol. The summed E-state index contributed by atoms with van der Waals surface area (Å²) in [5.74, 6) is -0.514. The molecule has 0 spiro atoms. The second kappa shape index (κ2) is 8.86. The summed E-state index contributed by atoms with van der Waals surface area (Å²) in [5.41, 5.74) is -1.06. The molecule has 1 aliphatic heterocycles. The second-order valence-corrected chi connectivity index (χ2v) is 8.91. The molecule has 3 aromatic rings. The Hall–Kier alpha value is -4.39. The first kappa shape index (κ1) is 22.8. The summed E-state index contributed by atoms with van der Waals surface area (Å²) in [6, 6.07) is 9.92. The average molecular weight is 486 g/mol. The topological polar surface area (TPSA) is 166 Å². The number of aromatic amines is 1. The van der Waals surface area contributed by atoms with Crippen molar-refractivity contribution in [2.75, 3.05) is 12.1 Å². The number of rotatable bonds is 6. The number of ether oxygens (including phenoxy) is 2. The van der Waals surface area contributed by atoms with Crippen LogP contribution in [-0.2, 0) is 21.4 Å². The van der Waals surface area contributed by atoms with Gasteiger partial charge in [0.05, 0.1) is 11.4 Å². The first-order valence-electron chi connectivity index (χ1n) is 9.80. The maximum atomic E-state index is 12.9. The molecule has 1 aliphatic rings. The van der Waals surface area contributed by atoms with Crippen LogP contribution in [0, 0.1) is 0 Å². The summed E-state index contributed by atoms with van der Waals surface area (Å²) in [4.78, 5) is 51.0. The van der Waals surface area contributed by atoms with E-state index in [1.165, 1.54) is 24.3 Å². The molecule has 2 amide bonds. The minimum atomic E-state index is -4.03. The Morgan fingerprint density at radius 1 is 1.06 bits per heavy atom. The minimum absolute atomic E-state index is 0.0785. The van der Waals surface area contributed by atoms with Crippen molar-refractivity contribution in [1.29, 1.82) is 0 Å². The first-order valence-corrected chi connectivity index (χ1v) is 11.3. The number of sulfonamides is 1. The van der Waals surface area contributed by atoms with Gasteiger partial charge in [-0.25, -0.2) is 17.9 Å². The van der Waals surface area contributed by atoms with Gasteiger partial charge in [0.1, 0.15) is 5.56 Å². The van der Waals surface area contributed by atoms with E-state index in [0.29, 0.717) is 17.1 Å². The van der Waals surface area contributed by atoms with Gasteiger partial charge in [-0.3, -0.25) is 19.0 Å².